The number of β-amino-alcohol motifs (C(OH)–C–C–N with tert-alkyl or cyclic N) is 1. The molecule has 4 aromatic rings. The first-order valence-corrected chi connectivity index (χ1v) is 12.0. The van der Waals surface area contributed by atoms with E-state index in [-0.39, 0.29) is 12.0 Å². The molecule has 1 saturated carbocycles. The normalized spacial score (nSPS) is 20.5. The molecule has 4 N–H and O–H groups in total. The van der Waals surface area contributed by atoms with Gasteiger partial charge < -0.3 is 25.5 Å². The predicted octanol–water partition coefficient (Wildman–Crippen LogP) is 3.26. The number of aromatic nitrogens is 4. The second kappa shape index (κ2) is 9.08. The Kier molecular flexibility index (Phi) is 5.64. The van der Waals surface area contributed by atoms with E-state index in [9.17, 15) is 5.11 Å². The lowest BCUT2D eigenvalue weighted by atomic mass is 9.95. The van der Waals surface area contributed by atoms with E-state index in [1.54, 1.807) is 12.5 Å². The van der Waals surface area contributed by atoms with Gasteiger partial charge in [0, 0.05) is 42.7 Å². The van der Waals surface area contributed by atoms with Crippen molar-refractivity contribution in [2.24, 2.45) is 5.92 Å². The fourth-order valence-corrected chi connectivity index (χ4v) is 4.57. The first kappa shape index (κ1) is 21.1. The van der Waals surface area contributed by atoms with E-state index in [1.165, 1.54) is 18.4 Å². The highest BCUT2D eigenvalue weighted by atomic mass is 16.3. The lowest BCUT2D eigenvalue weighted by Crippen LogP contribution is -2.43. The average molecular weight is 460 g/mol. The Bertz CT molecular complexity index is 1250. The largest absolute Gasteiger partial charge is 0.445 e. The van der Waals surface area contributed by atoms with Crippen molar-refractivity contribution in [2.75, 3.05) is 30.3 Å². The summed E-state index contributed by atoms with van der Waals surface area (Å²) in [6.45, 7) is 2.93. The number of benzene rings is 1. The Labute approximate surface area is 197 Å². The molecule has 1 aliphatic carbocycles. The Hall–Kier alpha value is -3.43. The maximum atomic E-state index is 10.3. The van der Waals surface area contributed by atoms with E-state index in [2.05, 4.69) is 38.2 Å². The average Bonchev–Trinajstić information content (AvgIpc) is 3.38. The minimum absolute atomic E-state index is 0.214. The second-order valence-electron chi connectivity index (χ2n) is 9.23. The molecule has 0 unspecified atom stereocenters. The number of piperidine rings is 1. The summed E-state index contributed by atoms with van der Waals surface area (Å²) in [7, 11) is 0. The van der Waals surface area contributed by atoms with Crippen LogP contribution in [0.1, 0.15) is 36.3 Å². The van der Waals surface area contributed by atoms with Crippen molar-refractivity contribution >= 4 is 17.3 Å². The fraction of sp³-hybridized carbons (Fsp3) is 0.400. The van der Waals surface area contributed by atoms with Gasteiger partial charge in [-0.3, -0.25) is 0 Å². The summed E-state index contributed by atoms with van der Waals surface area (Å²) in [6.07, 6.45) is 8.19. The number of nitrogens with zero attached hydrogens (tertiary/aromatic N) is 4. The van der Waals surface area contributed by atoms with E-state index in [4.69, 9.17) is 9.40 Å². The summed E-state index contributed by atoms with van der Waals surface area (Å²) in [6, 6.07) is 10.2. The molecule has 2 aliphatic rings. The molecule has 0 radical (unpaired) electrons. The lowest BCUT2D eigenvalue weighted by Gasteiger charge is -2.28. The molecule has 0 amide bonds. The summed E-state index contributed by atoms with van der Waals surface area (Å²) in [5, 5.41) is 25.2. The van der Waals surface area contributed by atoms with E-state index in [0.29, 0.717) is 31.4 Å². The van der Waals surface area contributed by atoms with Gasteiger partial charge in [-0.25, -0.2) is 9.97 Å². The Morgan fingerprint density at radius 1 is 1.15 bits per heavy atom. The zero-order valence-electron chi connectivity index (χ0n) is 18.9. The lowest BCUT2D eigenvalue weighted by molar-refractivity contribution is 0.0883. The summed E-state index contributed by atoms with van der Waals surface area (Å²) < 4.78 is 7.28. The molecule has 0 bridgehead atoms. The molecular weight excluding hydrogens is 430 g/mol. The predicted molar refractivity (Wildman–Crippen MR) is 130 cm³/mol. The third-order valence-electron chi connectivity index (χ3n) is 6.76. The van der Waals surface area contributed by atoms with Gasteiger partial charge in [-0.1, -0.05) is 12.1 Å². The SMILES string of the molecule is O[C@H]1CNCC[C@@H]1CNc1cc(NCc2ccc(-c3ncco3)cc2)n2ncc(C3CC3)c2n1. The van der Waals surface area contributed by atoms with Gasteiger partial charge in [0.1, 0.15) is 17.9 Å². The standard InChI is InChI=1S/C25H29N7O2/c33-21-15-26-8-7-19(21)13-28-22-11-23(32-24(31-22)20(14-30-32)17-5-6-17)29-12-16-1-3-18(4-2-16)25-27-9-10-34-25/h1-4,9-11,14,17,19,21,26,29,33H,5-8,12-13,15H2,(H,28,31)/t19-,21+/m1/s1. The van der Waals surface area contributed by atoms with Crippen molar-refractivity contribution < 1.29 is 9.52 Å². The van der Waals surface area contributed by atoms with Crippen LogP contribution in [0.3, 0.4) is 0 Å². The smallest absolute Gasteiger partial charge is 0.225 e. The molecule has 9 nitrogen and oxygen atoms in total. The van der Waals surface area contributed by atoms with Crippen LogP contribution >= 0.6 is 0 Å². The third-order valence-corrected chi connectivity index (χ3v) is 6.76. The highest BCUT2D eigenvalue weighted by molar-refractivity contribution is 5.62. The molecule has 1 aliphatic heterocycles. The van der Waals surface area contributed by atoms with Crippen molar-refractivity contribution in [3.63, 3.8) is 0 Å². The number of oxazole rings is 1. The summed E-state index contributed by atoms with van der Waals surface area (Å²) in [4.78, 5) is 9.10. The van der Waals surface area contributed by atoms with E-state index in [0.717, 1.165) is 41.4 Å². The molecule has 1 aromatic carbocycles. The number of rotatable bonds is 8. The van der Waals surface area contributed by atoms with Gasteiger partial charge in [-0.15, -0.1) is 0 Å². The first-order chi connectivity index (χ1) is 16.7. The highest BCUT2D eigenvalue weighted by Gasteiger charge is 2.28. The zero-order valence-corrected chi connectivity index (χ0v) is 18.9. The van der Waals surface area contributed by atoms with E-state index in [1.807, 2.05) is 28.9 Å². The monoisotopic (exact) mass is 459 g/mol. The summed E-state index contributed by atoms with van der Waals surface area (Å²) in [5.41, 5.74) is 4.21. The van der Waals surface area contributed by atoms with Crippen LogP contribution in [0.25, 0.3) is 17.1 Å². The molecule has 2 atom stereocenters. The van der Waals surface area contributed by atoms with E-state index < -0.39 is 0 Å². The van der Waals surface area contributed by atoms with Crippen molar-refractivity contribution in [1.29, 1.82) is 0 Å². The maximum Gasteiger partial charge on any atom is 0.225 e. The van der Waals surface area contributed by atoms with Crippen LogP contribution in [0, 0.1) is 5.92 Å². The number of hydrogen-bond donors (Lipinski definition) is 4. The third kappa shape index (κ3) is 4.36. The fourth-order valence-electron chi connectivity index (χ4n) is 4.57. The minimum atomic E-state index is -0.334. The molecule has 176 valence electrons. The van der Waals surface area contributed by atoms with Crippen molar-refractivity contribution in [2.45, 2.75) is 37.8 Å². The number of nitrogens with one attached hydrogen (secondary N) is 3. The number of fused-ring (bicyclic) bond motifs is 1. The zero-order chi connectivity index (χ0) is 22.9. The molecule has 6 rings (SSSR count). The van der Waals surface area contributed by atoms with Crippen LogP contribution in [-0.4, -0.2) is 50.4 Å². The van der Waals surface area contributed by atoms with Gasteiger partial charge in [0.2, 0.25) is 5.89 Å². The molecule has 4 heterocycles. The van der Waals surface area contributed by atoms with Gasteiger partial charge in [0.25, 0.3) is 0 Å². The molecular formula is C25H29N7O2. The van der Waals surface area contributed by atoms with Crippen molar-refractivity contribution in [1.82, 2.24) is 24.9 Å². The van der Waals surface area contributed by atoms with Crippen LogP contribution < -0.4 is 16.0 Å². The van der Waals surface area contributed by atoms with Crippen LogP contribution in [0.5, 0.6) is 0 Å². The van der Waals surface area contributed by atoms with Crippen LogP contribution in [0.15, 0.2) is 53.4 Å². The van der Waals surface area contributed by atoms with Crippen LogP contribution in [-0.2, 0) is 6.54 Å². The number of hydrogen-bond acceptors (Lipinski definition) is 8. The quantitative estimate of drug-likeness (QED) is 0.318. The van der Waals surface area contributed by atoms with Crippen molar-refractivity contribution in [3.05, 3.63) is 60.1 Å². The maximum absolute atomic E-state index is 10.3. The number of aliphatic hydroxyl groups excluding tert-OH is 1. The molecule has 34 heavy (non-hydrogen) atoms. The second-order valence-corrected chi connectivity index (χ2v) is 9.23. The number of aliphatic hydroxyl groups is 1. The van der Waals surface area contributed by atoms with Gasteiger partial charge in [0.15, 0.2) is 5.65 Å². The van der Waals surface area contributed by atoms with E-state index >= 15 is 0 Å². The minimum Gasteiger partial charge on any atom is -0.445 e. The van der Waals surface area contributed by atoms with Gasteiger partial charge in [-0.05, 0) is 49.4 Å². The molecule has 3 aromatic heterocycles. The Balaban J connectivity index is 1.22. The highest BCUT2D eigenvalue weighted by Crippen LogP contribution is 2.42. The van der Waals surface area contributed by atoms with Gasteiger partial charge in [-0.2, -0.15) is 9.61 Å². The van der Waals surface area contributed by atoms with Crippen LogP contribution in [0.4, 0.5) is 11.6 Å². The summed E-state index contributed by atoms with van der Waals surface area (Å²) in [5.74, 6) is 3.09. The van der Waals surface area contributed by atoms with Crippen molar-refractivity contribution in [3.8, 4) is 11.5 Å². The first-order valence-electron chi connectivity index (χ1n) is 12.0. The number of anilines is 2. The molecule has 2 fully saturated rings. The molecule has 9 heteroatoms. The van der Waals surface area contributed by atoms with Gasteiger partial charge >= 0.3 is 0 Å². The summed E-state index contributed by atoms with van der Waals surface area (Å²) >= 11 is 0. The topological polar surface area (TPSA) is 113 Å². The Morgan fingerprint density at radius 2 is 2.03 bits per heavy atom. The van der Waals surface area contributed by atoms with Crippen LogP contribution in [0.2, 0.25) is 0 Å². The molecule has 1 saturated heterocycles. The molecule has 0 spiro atoms. The van der Waals surface area contributed by atoms with Gasteiger partial charge in [0.05, 0.1) is 18.5 Å². The Morgan fingerprint density at radius 3 is 2.79 bits per heavy atom.